The summed E-state index contributed by atoms with van der Waals surface area (Å²) in [5.41, 5.74) is 3.47. The second kappa shape index (κ2) is 14.0. The lowest BCUT2D eigenvalue weighted by molar-refractivity contribution is -0.699. The Morgan fingerprint density at radius 2 is 1.76 bits per heavy atom. The maximum Gasteiger partial charge on any atom is 0.187 e. The fourth-order valence-corrected chi connectivity index (χ4v) is 11.1. The molecule has 0 aromatic carbocycles. The van der Waals surface area contributed by atoms with Crippen molar-refractivity contribution >= 4 is 11.6 Å². The van der Waals surface area contributed by atoms with Gasteiger partial charge < -0.3 is 45.4 Å². The lowest BCUT2D eigenvalue weighted by Gasteiger charge is -2.60. The van der Waals surface area contributed by atoms with Gasteiger partial charge >= 0.3 is 0 Å². The zero-order valence-electron chi connectivity index (χ0n) is 28.4. The van der Waals surface area contributed by atoms with E-state index in [1.165, 1.54) is 0 Å². The fraction of sp³-hybridized carbons (Fsp3) is 0.838. The van der Waals surface area contributed by atoms with Crippen LogP contribution >= 0.6 is 0 Å². The number of ether oxygens (including phenoxy) is 2. The van der Waals surface area contributed by atoms with Crippen molar-refractivity contribution in [1.82, 2.24) is 0 Å². The lowest BCUT2D eigenvalue weighted by atomic mass is 9.58. The Hall–Kier alpha value is -1.74. The average Bonchev–Trinajstić information content (AvgIpc) is 3.09. The molecule has 2 bridgehead atoms. The van der Waals surface area contributed by atoms with Crippen molar-refractivity contribution in [3.05, 3.63) is 23.5 Å². The van der Waals surface area contributed by atoms with Crippen LogP contribution in [0.5, 0.6) is 0 Å². The van der Waals surface area contributed by atoms with Gasteiger partial charge in [-0.3, -0.25) is 15.3 Å². The molecule has 12 nitrogen and oxygen atoms in total. The highest BCUT2D eigenvalue weighted by molar-refractivity contribution is 6.02. The van der Waals surface area contributed by atoms with E-state index in [4.69, 9.17) is 15.2 Å². The number of carbonyl (C=O) groups excluding carboxylic acids is 2. The molecule has 10 N–H and O–H groups in total. The first-order valence-corrected chi connectivity index (χ1v) is 18.9. The van der Waals surface area contributed by atoms with Crippen LogP contribution in [0.15, 0.2) is 23.5 Å². The molecular formula is C37H57N2O10+. The van der Waals surface area contributed by atoms with Crippen LogP contribution in [0.1, 0.15) is 83.5 Å². The third-order valence-corrected chi connectivity index (χ3v) is 13.7. The number of aliphatic hydroxyl groups is 6. The van der Waals surface area contributed by atoms with Gasteiger partial charge in [0, 0.05) is 18.9 Å². The van der Waals surface area contributed by atoms with Crippen LogP contribution in [0.25, 0.3) is 0 Å². The summed E-state index contributed by atoms with van der Waals surface area (Å²) in [4.78, 5) is 28.4. The van der Waals surface area contributed by atoms with Gasteiger partial charge in [-0.2, -0.15) is 0 Å². The first-order chi connectivity index (χ1) is 23.5. The monoisotopic (exact) mass is 689 g/mol. The Balaban J connectivity index is 1.09. The largest absolute Gasteiger partial charge is 0.512 e. The van der Waals surface area contributed by atoms with Crippen LogP contribution in [-0.4, -0.2) is 104 Å². The standard InChI is InChI=1S/C37H56N2O10/c38-28-16-20(8-10-39-28)13-23-7-9-36(18-41)35(46)37(23,47)33(45)34(49-36)48-27-6-2-5-24-30(27)32(44)29-25(31(24)43)14-22(15-26(29)42)12-19-3-1-4-21(11-19)17-40/h14-15,19-21,23-25,27-30,33-35,39-42,45-47H,1-13,16-18,38H2/p+1. The molecule has 7 rings (SSSR count). The number of aliphatic hydroxyl groups excluding tert-OH is 5. The van der Waals surface area contributed by atoms with E-state index in [9.17, 15) is 40.2 Å². The molecule has 5 aliphatic carbocycles. The number of fused-ring (bicyclic) bond motifs is 4. The third-order valence-electron chi connectivity index (χ3n) is 13.7. The van der Waals surface area contributed by atoms with Gasteiger partial charge in [-0.15, -0.1) is 0 Å². The number of carbonyl (C=O) groups is 2. The van der Waals surface area contributed by atoms with Gasteiger partial charge in [0.2, 0.25) is 0 Å². The molecule has 274 valence electrons. The molecule has 4 saturated carbocycles. The molecule has 0 radical (unpaired) electrons. The summed E-state index contributed by atoms with van der Waals surface area (Å²) >= 11 is 0. The molecule has 12 heteroatoms. The minimum absolute atomic E-state index is 0.0410. The van der Waals surface area contributed by atoms with Crippen LogP contribution in [0.3, 0.4) is 0 Å². The molecule has 15 unspecified atom stereocenters. The van der Waals surface area contributed by atoms with E-state index in [-0.39, 0.29) is 48.4 Å². The van der Waals surface area contributed by atoms with Gasteiger partial charge in [0.15, 0.2) is 12.1 Å². The Morgan fingerprint density at radius 1 is 0.980 bits per heavy atom. The molecule has 2 heterocycles. The van der Waals surface area contributed by atoms with E-state index < -0.39 is 72.0 Å². The Kier molecular flexibility index (Phi) is 10.2. The number of quaternary nitrogens is 1. The summed E-state index contributed by atoms with van der Waals surface area (Å²) in [6, 6.07) is 0. The second-order valence-electron chi connectivity index (χ2n) is 16.6. The van der Waals surface area contributed by atoms with Crippen LogP contribution in [0.2, 0.25) is 0 Å². The second-order valence-corrected chi connectivity index (χ2v) is 16.6. The Bertz CT molecular complexity index is 1320. The number of Topliss-reactive ketones (excluding diaryl/α,β-unsaturated/α-hetero) is 2. The smallest absolute Gasteiger partial charge is 0.187 e. The van der Waals surface area contributed by atoms with E-state index in [2.05, 4.69) is 5.32 Å². The molecule has 0 aromatic rings. The molecule has 15 atom stereocenters. The van der Waals surface area contributed by atoms with E-state index in [1.807, 2.05) is 6.08 Å². The maximum absolute atomic E-state index is 14.3. The normalized spacial score (nSPS) is 48.7. The van der Waals surface area contributed by atoms with E-state index >= 15 is 0 Å². The predicted molar refractivity (Wildman–Crippen MR) is 175 cm³/mol. The highest BCUT2D eigenvalue weighted by Crippen LogP contribution is 2.53. The third kappa shape index (κ3) is 6.27. The van der Waals surface area contributed by atoms with E-state index in [0.717, 1.165) is 50.6 Å². The van der Waals surface area contributed by atoms with Crippen LogP contribution in [0, 0.1) is 47.3 Å². The maximum atomic E-state index is 14.3. The summed E-state index contributed by atoms with van der Waals surface area (Å²) < 4.78 is 12.6. The van der Waals surface area contributed by atoms with Crippen molar-refractivity contribution < 1.29 is 55.0 Å². The number of allylic oxidation sites excluding steroid dienone is 4. The number of hydrogen-bond acceptors (Lipinski definition) is 11. The number of nitrogens with two attached hydrogens (primary N) is 2. The fourth-order valence-electron chi connectivity index (χ4n) is 11.1. The van der Waals surface area contributed by atoms with Crippen molar-refractivity contribution in [1.29, 1.82) is 0 Å². The number of hydrogen-bond donors (Lipinski definition) is 8. The summed E-state index contributed by atoms with van der Waals surface area (Å²) in [6.45, 7) is 0.440. The molecule has 49 heavy (non-hydrogen) atoms. The van der Waals surface area contributed by atoms with Gasteiger partial charge in [-0.25, -0.2) is 0 Å². The van der Waals surface area contributed by atoms with Crippen LogP contribution < -0.4 is 11.1 Å². The van der Waals surface area contributed by atoms with E-state index in [1.54, 1.807) is 6.08 Å². The van der Waals surface area contributed by atoms with Crippen LogP contribution in [0.4, 0.5) is 0 Å². The van der Waals surface area contributed by atoms with Gasteiger partial charge in [-0.05, 0) is 93.1 Å². The van der Waals surface area contributed by atoms with Gasteiger partial charge in [-0.1, -0.05) is 25.3 Å². The van der Waals surface area contributed by atoms with Crippen molar-refractivity contribution in [3.8, 4) is 0 Å². The highest BCUT2D eigenvalue weighted by atomic mass is 16.7. The highest BCUT2D eigenvalue weighted by Gasteiger charge is 2.68. The zero-order valence-corrected chi connectivity index (χ0v) is 28.4. The Labute approximate surface area is 288 Å². The summed E-state index contributed by atoms with van der Waals surface area (Å²) in [5, 5.41) is 68.9. The van der Waals surface area contributed by atoms with E-state index in [0.29, 0.717) is 44.4 Å². The molecule has 2 saturated heterocycles. The number of rotatable bonds is 8. The van der Waals surface area contributed by atoms with Gasteiger partial charge in [0.1, 0.15) is 41.1 Å². The number of ketones is 2. The molecular weight excluding hydrogens is 632 g/mol. The zero-order chi connectivity index (χ0) is 34.7. The molecule has 2 aliphatic heterocycles. The quantitative estimate of drug-likeness (QED) is 0.174. The SMILES string of the molecule is NC1CC(CC2CCC3(CO)OC(OC4CCCC5C(=O)C6C=C(CC7CCCC(CO)C7)C=C(O)C6C(=O)C45)C(O)C2(O)C3O)CC[NH2+]1. The van der Waals surface area contributed by atoms with Crippen molar-refractivity contribution in [2.45, 2.75) is 125 Å². The van der Waals surface area contributed by atoms with Gasteiger partial charge in [0.05, 0.1) is 37.0 Å². The molecule has 0 aromatic heterocycles. The molecule has 6 fully saturated rings. The first-order valence-electron chi connectivity index (χ1n) is 18.9. The average molecular weight is 690 g/mol. The summed E-state index contributed by atoms with van der Waals surface area (Å²) in [7, 11) is 0. The summed E-state index contributed by atoms with van der Waals surface area (Å²) in [6.07, 6.45) is 7.06. The van der Waals surface area contributed by atoms with Crippen molar-refractivity contribution in [3.63, 3.8) is 0 Å². The first kappa shape index (κ1) is 35.7. The lowest BCUT2D eigenvalue weighted by Crippen LogP contribution is -2.94. The number of piperidine rings is 1. The topological polar surface area (TPSA) is 217 Å². The molecule has 7 aliphatic rings. The predicted octanol–water partition coefficient (Wildman–Crippen LogP) is 0.341. The minimum atomic E-state index is -2.03. The van der Waals surface area contributed by atoms with Crippen LogP contribution in [-0.2, 0) is 19.1 Å². The van der Waals surface area contributed by atoms with Gasteiger partial charge in [0.25, 0.3) is 0 Å². The molecule has 0 amide bonds. The summed E-state index contributed by atoms with van der Waals surface area (Å²) in [5.74, 6) is -3.38. The molecule has 0 spiro atoms. The van der Waals surface area contributed by atoms with Crippen molar-refractivity contribution in [2.24, 2.45) is 53.1 Å². The Morgan fingerprint density at radius 3 is 2.51 bits per heavy atom. The van der Waals surface area contributed by atoms with Crippen molar-refractivity contribution in [2.75, 3.05) is 19.8 Å². The minimum Gasteiger partial charge on any atom is -0.512 e.